The van der Waals surface area contributed by atoms with Crippen LogP contribution in [0.1, 0.15) is 52.9 Å². The molecule has 6 unspecified atom stereocenters. The lowest BCUT2D eigenvalue weighted by Gasteiger charge is -2.30. The standard InChI is InChI=1S/C20H34N4O8/c1-4-10(2)16(18(29)22-12(20(31)32)7-8-14(26)27)23-17(28)13-6-5-9-24(13)19(30)15(21)11(3)25/h10-13,15-16,25H,4-9,21H2,1-3H3,(H,22,29)(H,23,28)(H,26,27)(H,31,32). The maximum Gasteiger partial charge on any atom is 0.326 e. The number of aliphatic carboxylic acids is 2. The molecule has 3 amide bonds. The molecule has 1 aliphatic heterocycles. The number of amides is 3. The highest BCUT2D eigenvalue weighted by molar-refractivity contribution is 5.94. The molecule has 1 rings (SSSR count). The molecule has 1 fully saturated rings. The van der Waals surface area contributed by atoms with Crippen LogP contribution in [-0.4, -0.2) is 86.7 Å². The van der Waals surface area contributed by atoms with E-state index in [2.05, 4.69) is 10.6 Å². The fraction of sp³-hybridized carbons (Fsp3) is 0.750. The smallest absolute Gasteiger partial charge is 0.326 e. The number of carbonyl (C=O) groups excluding carboxylic acids is 3. The first-order valence-corrected chi connectivity index (χ1v) is 10.7. The molecule has 0 aliphatic carbocycles. The molecule has 0 bridgehead atoms. The quantitative estimate of drug-likeness (QED) is 0.204. The van der Waals surface area contributed by atoms with E-state index in [9.17, 15) is 34.2 Å². The van der Waals surface area contributed by atoms with E-state index in [0.29, 0.717) is 19.3 Å². The minimum atomic E-state index is -1.42. The van der Waals surface area contributed by atoms with Crippen molar-refractivity contribution in [2.75, 3.05) is 6.54 Å². The van der Waals surface area contributed by atoms with E-state index >= 15 is 0 Å². The Balaban J connectivity index is 2.94. The zero-order valence-electron chi connectivity index (χ0n) is 18.6. The van der Waals surface area contributed by atoms with Crippen LogP contribution in [0, 0.1) is 5.92 Å². The highest BCUT2D eigenvalue weighted by Crippen LogP contribution is 2.20. The molecule has 1 heterocycles. The number of rotatable bonds is 12. The fourth-order valence-corrected chi connectivity index (χ4v) is 3.44. The predicted molar refractivity (Wildman–Crippen MR) is 112 cm³/mol. The molecule has 1 saturated heterocycles. The largest absolute Gasteiger partial charge is 0.481 e. The number of nitrogens with two attached hydrogens (primary N) is 1. The second-order valence-corrected chi connectivity index (χ2v) is 8.16. The van der Waals surface area contributed by atoms with Gasteiger partial charge in [0.15, 0.2) is 0 Å². The number of carbonyl (C=O) groups is 5. The van der Waals surface area contributed by atoms with E-state index in [0.717, 1.165) is 0 Å². The molecule has 12 heteroatoms. The summed E-state index contributed by atoms with van der Waals surface area (Å²) in [7, 11) is 0. The predicted octanol–water partition coefficient (Wildman–Crippen LogP) is -1.35. The molecule has 0 saturated carbocycles. The molecule has 182 valence electrons. The molecule has 1 aliphatic rings. The van der Waals surface area contributed by atoms with Crippen molar-refractivity contribution in [2.45, 2.75) is 83.1 Å². The van der Waals surface area contributed by atoms with Gasteiger partial charge in [0.1, 0.15) is 24.2 Å². The van der Waals surface area contributed by atoms with Crippen LogP contribution < -0.4 is 16.4 Å². The van der Waals surface area contributed by atoms with Crippen molar-refractivity contribution in [3.63, 3.8) is 0 Å². The number of hydrogen-bond acceptors (Lipinski definition) is 7. The molecular weight excluding hydrogens is 424 g/mol. The topological polar surface area (TPSA) is 199 Å². The lowest BCUT2D eigenvalue weighted by atomic mass is 9.97. The minimum absolute atomic E-state index is 0.286. The number of nitrogens with one attached hydrogen (secondary N) is 2. The highest BCUT2D eigenvalue weighted by Gasteiger charge is 2.39. The summed E-state index contributed by atoms with van der Waals surface area (Å²) < 4.78 is 0. The maximum absolute atomic E-state index is 12.9. The third kappa shape index (κ3) is 7.45. The molecule has 12 nitrogen and oxygen atoms in total. The first kappa shape index (κ1) is 27.3. The molecule has 0 aromatic heterocycles. The van der Waals surface area contributed by atoms with Gasteiger partial charge in [0.2, 0.25) is 17.7 Å². The van der Waals surface area contributed by atoms with E-state index in [-0.39, 0.29) is 18.9 Å². The van der Waals surface area contributed by atoms with Crippen molar-refractivity contribution in [1.29, 1.82) is 0 Å². The van der Waals surface area contributed by atoms with Crippen LogP contribution in [-0.2, 0) is 24.0 Å². The van der Waals surface area contributed by atoms with Gasteiger partial charge in [-0.05, 0) is 32.1 Å². The number of aliphatic hydroxyl groups is 1. The van der Waals surface area contributed by atoms with Gasteiger partial charge in [0.05, 0.1) is 6.10 Å². The Kier molecular flexibility index (Phi) is 10.5. The Morgan fingerprint density at radius 1 is 1.12 bits per heavy atom. The van der Waals surface area contributed by atoms with Crippen LogP contribution in [0.4, 0.5) is 0 Å². The summed E-state index contributed by atoms with van der Waals surface area (Å²) in [6, 6.07) is -4.55. The summed E-state index contributed by atoms with van der Waals surface area (Å²) in [5.74, 6) is -4.83. The normalized spacial score (nSPS) is 20.5. The average Bonchev–Trinajstić information content (AvgIpc) is 3.22. The summed E-state index contributed by atoms with van der Waals surface area (Å²) in [4.78, 5) is 61.7. The number of nitrogens with zero attached hydrogens (tertiary/aromatic N) is 1. The maximum atomic E-state index is 12.9. The van der Waals surface area contributed by atoms with E-state index in [1.807, 2.05) is 0 Å². The van der Waals surface area contributed by atoms with Crippen LogP contribution >= 0.6 is 0 Å². The van der Waals surface area contributed by atoms with Crippen LogP contribution in [0.5, 0.6) is 0 Å². The van der Waals surface area contributed by atoms with Gasteiger partial charge < -0.3 is 36.6 Å². The fourth-order valence-electron chi connectivity index (χ4n) is 3.44. The second-order valence-electron chi connectivity index (χ2n) is 8.16. The van der Waals surface area contributed by atoms with Crippen molar-refractivity contribution >= 4 is 29.7 Å². The molecule has 32 heavy (non-hydrogen) atoms. The van der Waals surface area contributed by atoms with Gasteiger partial charge in [-0.15, -0.1) is 0 Å². The van der Waals surface area contributed by atoms with Crippen molar-refractivity contribution in [3.05, 3.63) is 0 Å². The summed E-state index contributed by atoms with van der Waals surface area (Å²) in [5.41, 5.74) is 5.72. The van der Waals surface area contributed by atoms with Gasteiger partial charge in [-0.25, -0.2) is 4.79 Å². The lowest BCUT2D eigenvalue weighted by molar-refractivity contribution is -0.144. The van der Waals surface area contributed by atoms with Gasteiger partial charge in [0, 0.05) is 13.0 Å². The lowest BCUT2D eigenvalue weighted by Crippen LogP contribution is -2.59. The van der Waals surface area contributed by atoms with E-state index < -0.39 is 66.4 Å². The SMILES string of the molecule is CCC(C)C(NC(=O)C1CCCN1C(=O)C(N)C(C)O)C(=O)NC(CCC(=O)O)C(=O)O. The zero-order valence-corrected chi connectivity index (χ0v) is 18.6. The first-order valence-electron chi connectivity index (χ1n) is 10.7. The van der Waals surface area contributed by atoms with Crippen molar-refractivity contribution < 1.29 is 39.3 Å². The summed E-state index contributed by atoms with van der Waals surface area (Å²) in [6.45, 7) is 5.16. The molecule has 0 spiro atoms. The third-order valence-electron chi connectivity index (χ3n) is 5.70. The Morgan fingerprint density at radius 3 is 2.25 bits per heavy atom. The minimum Gasteiger partial charge on any atom is -0.481 e. The Labute approximate surface area is 186 Å². The number of likely N-dealkylation sites (tertiary alicyclic amines) is 1. The van der Waals surface area contributed by atoms with E-state index in [1.165, 1.54) is 11.8 Å². The van der Waals surface area contributed by atoms with Crippen molar-refractivity contribution in [2.24, 2.45) is 11.7 Å². The van der Waals surface area contributed by atoms with Crippen LogP contribution in [0.25, 0.3) is 0 Å². The molecule has 7 N–H and O–H groups in total. The monoisotopic (exact) mass is 458 g/mol. The Hall–Kier alpha value is -2.73. The van der Waals surface area contributed by atoms with Gasteiger partial charge in [-0.1, -0.05) is 20.3 Å². The Bertz CT molecular complexity index is 714. The van der Waals surface area contributed by atoms with Gasteiger partial charge in [0.25, 0.3) is 0 Å². The highest BCUT2D eigenvalue weighted by atomic mass is 16.4. The van der Waals surface area contributed by atoms with Crippen LogP contribution in [0.15, 0.2) is 0 Å². The second kappa shape index (κ2) is 12.3. The summed E-state index contributed by atoms with van der Waals surface area (Å²) >= 11 is 0. The average molecular weight is 459 g/mol. The van der Waals surface area contributed by atoms with Crippen molar-refractivity contribution in [1.82, 2.24) is 15.5 Å². The molecular formula is C20H34N4O8. The molecule has 0 aromatic carbocycles. The zero-order chi connectivity index (χ0) is 24.6. The number of carboxylic acids is 2. The van der Waals surface area contributed by atoms with Crippen LogP contribution in [0.2, 0.25) is 0 Å². The number of carboxylic acid groups (broad SMARTS) is 2. The van der Waals surface area contributed by atoms with E-state index in [1.54, 1.807) is 13.8 Å². The Morgan fingerprint density at radius 2 is 1.75 bits per heavy atom. The third-order valence-corrected chi connectivity index (χ3v) is 5.70. The van der Waals surface area contributed by atoms with Gasteiger partial charge in [-0.3, -0.25) is 19.2 Å². The van der Waals surface area contributed by atoms with Gasteiger partial charge in [-0.2, -0.15) is 0 Å². The summed E-state index contributed by atoms with van der Waals surface area (Å²) in [5, 5.41) is 32.6. The summed E-state index contributed by atoms with van der Waals surface area (Å²) in [6.07, 6.45) is -0.447. The van der Waals surface area contributed by atoms with Crippen LogP contribution in [0.3, 0.4) is 0 Å². The molecule has 0 aromatic rings. The van der Waals surface area contributed by atoms with Crippen molar-refractivity contribution in [3.8, 4) is 0 Å². The molecule has 0 radical (unpaired) electrons. The van der Waals surface area contributed by atoms with E-state index in [4.69, 9.17) is 10.8 Å². The first-order chi connectivity index (χ1) is 14.9. The molecule has 6 atom stereocenters. The number of aliphatic hydroxyl groups excluding tert-OH is 1. The number of hydrogen-bond donors (Lipinski definition) is 6. The van der Waals surface area contributed by atoms with Gasteiger partial charge >= 0.3 is 11.9 Å².